The number of nitrogens with one attached hydrogen (secondary N) is 3. The van der Waals surface area contributed by atoms with Crippen molar-refractivity contribution >= 4 is 40.4 Å². The second-order valence-electron chi connectivity index (χ2n) is 5.39. The number of amides is 3. The Kier molecular flexibility index (Phi) is 5.19. The first-order valence-corrected chi connectivity index (χ1v) is 7.94. The molecule has 2 aromatic carbocycles. The van der Waals surface area contributed by atoms with E-state index in [-0.39, 0.29) is 11.9 Å². The molecule has 0 aliphatic carbocycles. The van der Waals surface area contributed by atoms with E-state index in [1.54, 1.807) is 36.5 Å². The average molecular weight is 347 g/mol. The van der Waals surface area contributed by atoms with Crippen molar-refractivity contribution in [1.82, 2.24) is 15.3 Å². The molecule has 26 heavy (non-hydrogen) atoms. The Balaban J connectivity index is 1.62. The van der Waals surface area contributed by atoms with Gasteiger partial charge in [-0.25, -0.2) is 9.78 Å². The molecule has 3 amide bonds. The Labute approximate surface area is 150 Å². The molecule has 0 saturated heterocycles. The number of hydrogen-bond acceptors (Lipinski definition) is 4. The fraction of sp³-hybridized carbons (Fsp3) is 0.0526. The maximum Gasteiger partial charge on any atom is 0.318 e. The molecule has 0 aliphatic heterocycles. The van der Waals surface area contributed by atoms with Gasteiger partial charge in [0.15, 0.2) is 0 Å². The topological polar surface area (TPSA) is 96.0 Å². The summed E-state index contributed by atoms with van der Waals surface area (Å²) in [5.74, 6) is -0.285. The average Bonchev–Trinajstić information content (AvgIpc) is 2.67. The van der Waals surface area contributed by atoms with Crippen LogP contribution in [0.2, 0.25) is 0 Å². The highest BCUT2D eigenvalue weighted by Crippen LogP contribution is 2.14. The van der Waals surface area contributed by atoms with Crippen molar-refractivity contribution in [3.63, 3.8) is 0 Å². The molecule has 0 fully saturated rings. The van der Waals surface area contributed by atoms with Crippen LogP contribution >= 0.6 is 0 Å². The largest absolute Gasteiger partial charge is 0.341 e. The third kappa shape index (κ3) is 4.41. The zero-order valence-electron chi connectivity index (χ0n) is 14.1. The highest BCUT2D eigenvalue weighted by Gasteiger charge is 2.02. The van der Waals surface area contributed by atoms with Crippen LogP contribution in [0, 0.1) is 0 Å². The van der Waals surface area contributed by atoms with Gasteiger partial charge in [-0.3, -0.25) is 9.78 Å². The fourth-order valence-electron chi connectivity index (χ4n) is 2.23. The number of nitrogens with zero attached hydrogens (tertiary/aromatic N) is 2. The number of carbonyl (C=O) groups excluding carboxylic acids is 2. The summed E-state index contributed by atoms with van der Waals surface area (Å²) in [7, 11) is 1.54. The Hall–Kier alpha value is -3.74. The lowest BCUT2D eigenvalue weighted by Crippen LogP contribution is -2.24. The zero-order chi connectivity index (χ0) is 18.4. The van der Waals surface area contributed by atoms with Gasteiger partial charge in [-0.05, 0) is 42.5 Å². The van der Waals surface area contributed by atoms with Gasteiger partial charge in [0, 0.05) is 24.5 Å². The number of anilines is 2. The van der Waals surface area contributed by atoms with Crippen molar-refractivity contribution in [2.45, 2.75) is 0 Å². The molecule has 7 nitrogen and oxygen atoms in total. The van der Waals surface area contributed by atoms with Crippen LogP contribution in [-0.4, -0.2) is 29.0 Å². The van der Waals surface area contributed by atoms with Crippen LogP contribution in [0.5, 0.6) is 0 Å². The van der Waals surface area contributed by atoms with E-state index in [2.05, 4.69) is 25.9 Å². The molecule has 3 N–H and O–H groups in total. The van der Waals surface area contributed by atoms with Crippen molar-refractivity contribution in [2.24, 2.45) is 0 Å². The summed E-state index contributed by atoms with van der Waals surface area (Å²) >= 11 is 0. The highest BCUT2D eigenvalue weighted by atomic mass is 16.2. The summed E-state index contributed by atoms with van der Waals surface area (Å²) in [4.78, 5) is 32.0. The van der Waals surface area contributed by atoms with Crippen LogP contribution in [0.3, 0.4) is 0 Å². The van der Waals surface area contributed by atoms with E-state index in [0.717, 1.165) is 11.0 Å². The second-order valence-corrected chi connectivity index (χ2v) is 5.39. The van der Waals surface area contributed by atoms with Crippen LogP contribution in [0.15, 0.2) is 60.8 Å². The van der Waals surface area contributed by atoms with Gasteiger partial charge in [-0.15, -0.1) is 0 Å². The molecule has 0 atom stereocenters. The molecule has 1 heterocycles. The Morgan fingerprint density at radius 2 is 1.58 bits per heavy atom. The summed E-state index contributed by atoms with van der Waals surface area (Å²) in [5.41, 5.74) is 3.42. The lowest BCUT2D eigenvalue weighted by Gasteiger charge is -2.06. The van der Waals surface area contributed by atoms with E-state index in [1.165, 1.54) is 13.1 Å². The normalized spacial score (nSPS) is 10.7. The zero-order valence-corrected chi connectivity index (χ0v) is 14.1. The molecule has 0 bridgehead atoms. The minimum atomic E-state index is -0.304. The molecule has 0 spiro atoms. The third-order valence-electron chi connectivity index (χ3n) is 3.51. The van der Waals surface area contributed by atoms with Gasteiger partial charge in [0.05, 0.1) is 22.9 Å². The van der Waals surface area contributed by atoms with Gasteiger partial charge in [-0.2, -0.15) is 0 Å². The second kappa shape index (κ2) is 7.89. The molecule has 0 radical (unpaired) electrons. The van der Waals surface area contributed by atoms with Crippen molar-refractivity contribution in [1.29, 1.82) is 0 Å². The highest BCUT2D eigenvalue weighted by molar-refractivity contribution is 6.02. The van der Waals surface area contributed by atoms with E-state index < -0.39 is 0 Å². The number of urea groups is 1. The van der Waals surface area contributed by atoms with Crippen LogP contribution in [0.1, 0.15) is 5.69 Å². The van der Waals surface area contributed by atoms with Gasteiger partial charge in [0.2, 0.25) is 5.91 Å². The van der Waals surface area contributed by atoms with Gasteiger partial charge < -0.3 is 16.0 Å². The molecule has 3 aromatic rings. The summed E-state index contributed by atoms with van der Waals surface area (Å²) < 4.78 is 0. The maximum absolute atomic E-state index is 12.0. The van der Waals surface area contributed by atoms with E-state index >= 15 is 0 Å². The molecule has 0 aliphatic rings. The summed E-state index contributed by atoms with van der Waals surface area (Å²) in [6.07, 6.45) is 4.62. The van der Waals surface area contributed by atoms with Crippen LogP contribution in [-0.2, 0) is 4.79 Å². The number of hydrogen-bond donors (Lipinski definition) is 3. The monoisotopic (exact) mass is 347 g/mol. The van der Waals surface area contributed by atoms with Gasteiger partial charge in [0.1, 0.15) is 0 Å². The smallest absolute Gasteiger partial charge is 0.318 e. The van der Waals surface area contributed by atoms with E-state index in [1.807, 2.05) is 24.3 Å². The van der Waals surface area contributed by atoms with Gasteiger partial charge in [-0.1, -0.05) is 12.1 Å². The van der Waals surface area contributed by atoms with Crippen LogP contribution in [0.4, 0.5) is 16.2 Å². The number of rotatable bonds is 4. The fourth-order valence-corrected chi connectivity index (χ4v) is 2.23. The summed E-state index contributed by atoms with van der Waals surface area (Å²) in [5, 5.41) is 7.85. The number of fused-ring (bicyclic) bond motifs is 1. The van der Waals surface area contributed by atoms with Crippen molar-refractivity contribution < 1.29 is 9.59 Å². The van der Waals surface area contributed by atoms with Crippen molar-refractivity contribution in [2.75, 3.05) is 17.7 Å². The summed E-state index contributed by atoms with van der Waals surface area (Å²) in [6.45, 7) is 0. The molecule has 0 unspecified atom stereocenters. The third-order valence-corrected chi connectivity index (χ3v) is 3.51. The van der Waals surface area contributed by atoms with E-state index in [4.69, 9.17) is 0 Å². The Morgan fingerprint density at radius 3 is 2.27 bits per heavy atom. The molecule has 0 saturated carbocycles. The minimum absolute atomic E-state index is 0.285. The first-order valence-electron chi connectivity index (χ1n) is 7.94. The van der Waals surface area contributed by atoms with Crippen molar-refractivity contribution in [3.05, 3.63) is 66.5 Å². The molecule has 1 aromatic heterocycles. The first-order chi connectivity index (χ1) is 12.6. The first kappa shape index (κ1) is 17.1. The van der Waals surface area contributed by atoms with Gasteiger partial charge in [0.25, 0.3) is 0 Å². The lowest BCUT2D eigenvalue weighted by atomic mass is 10.2. The number of aromatic nitrogens is 2. The summed E-state index contributed by atoms with van der Waals surface area (Å²) in [6, 6.07) is 14.0. The molecule has 3 rings (SSSR count). The predicted octanol–water partition coefficient (Wildman–Crippen LogP) is 3.03. The molecule has 130 valence electrons. The Bertz CT molecular complexity index is 967. The maximum atomic E-state index is 12.0. The number of benzene rings is 2. The number of para-hydroxylation sites is 2. The molecular weight excluding hydrogens is 330 g/mol. The quantitative estimate of drug-likeness (QED) is 0.632. The molecule has 7 heteroatoms. The minimum Gasteiger partial charge on any atom is -0.341 e. The molecular formula is C19H17N5O2. The Morgan fingerprint density at radius 1 is 0.923 bits per heavy atom. The standard InChI is InChI=1S/C19H17N5O2/c1-20-19(26)24-14-8-6-13(7-9-14)23-18(25)11-10-15-12-21-16-4-2-3-5-17(16)22-15/h2-12H,1H3,(H,23,25)(H2,20,24,26)/b11-10+. The van der Waals surface area contributed by atoms with Crippen molar-refractivity contribution in [3.8, 4) is 0 Å². The lowest BCUT2D eigenvalue weighted by molar-refractivity contribution is -0.111. The van der Waals surface area contributed by atoms with Crippen LogP contribution < -0.4 is 16.0 Å². The van der Waals surface area contributed by atoms with E-state index in [9.17, 15) is 9.59 Å². The predicted molar refractivity (Wildman–Crippen MR) is 102 cm³/mol. The van der Waals surface area contributed by atoms with Crippen LogP contribution in [0.25, 0.3) is 17.1 Å². The SMILES string of the molecule is CNC(=O)Nc1ccc(NC(=O)/C=C/c2cnc3ccccc3n2)cc1. The van der Waals surface area contributed by atoms with Gasteiger partial charge >= 0.3 is 6.03 Å². The van der Waals surface area contributed by atoms with E-state index in [0.29, 0.717) is 17.1 Å². The number of carbonyl (C=O) groups is 2.